The number of nitrogens with zero attached hydrogens (tertiary/aromatic N) is 4. The number of aryl methyl sites for hydroxylation is 2. The molecule has 0 bridgehead atoms. The summed E-state index contributed by atoms with van der Waals surface area (Å²) in [6.45, 7) is 5.23. The number of hydrogen-bond donors (Lipinski definition) is 0. The molecule has 0 aromatic carbocycles. The van der Waals surface area contributed by atoms with Crippen molar-refractivity contribution in [1.82, 2.24) is 15.0 Å². The van der Waals surface area contributed by atoms with E-state index in [0.29, 0.717) is 23.2 Å². The van der Waals surface area contributed by atoms with Crippen molar-refractivity contribution in [2.45, 2.75) is 39.2 Å². The molecule has 0 N–H and O–H groups in total. The van der Waals surface area contributed by atoms with E-state index in [9.17, 15) is 4.39 Å². The van der Waals surface area contributed by atoms with E-state index in [2.05, 4.69) is 19.9 Å². The Morgan fingerprint density at radius 1 is 1.36 bits per heavy atom. The molecule has 2 aromatic heterocycles. The van der Waals surface area contributed by atoms with Crippen molar-refractivity contribution in [2.75, 3.05) is 18.0 Å². The van der Waals surface area contributed by atoms with Gasteiger partial charge in [-0.15, -0.1) is 0 Å². The molecule has 1 saturated heterocycles. The van der Waals surface area contributed by atoms with Crippen LogP contribution in [0, 0.1) is 12.7 Å². The van der Waals surface area contributed by atoms with Crippen LogP contribution in [0.15, 0.2) is 12.3 Å². The summed E-state index contributed by atoms with van der Waals surface area (Å²) in [5.74, 6) is 0.804. The van der Waals surface area contributed by atoms with Crippen molar-refractivity contribution in [3.05, 3.63) is 39.6 Å². The number of piperidine rings is 1. The summed E-state index contributed by atoms with van der Waals surface area (Å²) in [4.78, 5) is 14.9. The number of hydrogen-bond acceptors (Lipinski definition) is 5. The number of aromatic nitrogens is 3. The Morgan fingerprint density at radius 3 is 2.88 bits per heavy atom. The van der Waals surface area contributed by atoms with E-state index in [1.54, 1.807) is 0 Å². The molecule has 134 valence electrons. The van der Waals surface area contributed by atoms with Gasteiger partial charge in [0.05, 0.1) is 17.3 Å². The fraction of sp³-hybridized carbons (Fsp3) is 0.471. The molecule has 3 rings (SSSR count). The zero-order valence-corrected chi connectivity index (χ0v) is 15.6. The van der Waals surface area contributed by atoms with E-state index in [0.717, 1.165) is 31.5 Å². The van der Waals surface area contributed by atoms with Gasteiger partial charge in [-0.25, -0.2) is 19.3 Å². The standard InChI is InChI=1S/C17H19Cl2FN4O/c1-3-14-15(19)16(23-10(2)22-14)24-6-4-5-12(9-24)25-17-13(20)7-11(18)8-21-17/h7-8,12H,3-6,9H2,1-2H3. The molecule has 3 heterocycles. The zero-order valence-electron chi connectivity index (χ0n) is 14.1. The van der Waals surface area contributed by atoms with Gasteiger partial charge in [0.2, 0.25) is 0 Å². The predicted octanol–water partition coefficient (Wildman–Crippen LogP) is 4.24. The Balaban J connectivity index is 1.78. The van der Waals surface area contributed by atoms with Crippen LogP contribution >= 0.6 is 23.2 Å². The van der Waals surface area contributed by atoms with Gasteiger partial charge in [-0.2, -0.15) is 0 Å². The average molecular weight is 385 g/mol. The molecule has 5 nitrogen and oxygen atoms in total. The molecule has 2 aromatic rings. The van der Waals surface area contributed by atoms with Gasteiger partial charge in [0.15, 0.2) is 11.6 Å². The van der Waals surface area contributed by atoms with Gasteiger partial charge in [0.25, 0.3) is 5.88 Å². The van der Waals surface area contributed by atoms with Crippen LogP contribution in [0.1, 0.15) is 31.3 Å². The van der Waals surface area contributed by atoms with Crippen LogP contribution in [-0.4, -0.2) is 34.1 Å². The molecule has 1 atom stereocenters. The highest BCUT2D eigenvalue weighted by Gasteiger charge is 2.26. The Labute approximate surface area is 156 Å². The lowest BCUT2D eigenvalue weighted by atomic mass is 10.1. The fourth-order valence-corrected chi connectivity index (χ4v) is 3.40. The van der Waals surface area contributed by atoms with Crippen molar-refractivity contribution >= 4 is 29.0 Å². The minimum atomic E-state index is -0.561. The van der Waals surface area contributed by atoms with Gasteiger partial charge in [-0.1, -0.05) is 30.1 Å². The van der Waals surface area contributed by atoms with E-state index in [1.165, 1.54) is 12.3 Å². The normalized spacial score (nSPS) is 17.6. The van der Waals surface area contributed by atoms with Crippen LogP contribution in [0.25, 0.3) is 0 Å². The molecule has 0 amide bonds. The summed E-state index contributed by atoms with van der Waals surface area (Å²) in [5, 5.41) is 0.815. The molecular formula is C17H19Cl2FN4O. The summed E-state index contributed by atoms with van der Waals surface area (Å²) < 4.78 is 19.7. The summed E-state index contributed by atoms with van der Waals surface area (Å²) in [7, 11) is 0. The smallest absolute Gasteiger partial charge is 0.250 e. The molecule has 25 heavy (non-hydrogen) atoms. The first-order valence-corrected chi connectivity index (χ1v) is 8.99. The largest absolute Gasteiger partial charge is 0.470 e. The molecule has 0 radical (unpaired) electrons. The van der Waals surface area contributed by atoms with Gasteiger partial charge in [-0.3, -0.25) is 0 Å². The van der Waals surface area contributed by atoms with Crippen LogP contribution in [0.2, 0.25) is 10.0 Å². The van der Waals surface area contributed by atoms with E-state index in [4.69, 9.17) is 27.9 Å². The van der Waals surface area contributed by atoms with Crippen LogP contribution < -0.4 is 9.64 Å². The molecule has 1 aliphatic rings. The molecule has 1 aliphatic heterocycles. The second kappa shape index (κ2) is 7.70. The van der Waals surface area contributed by atoms with Gasteiger partial charge < -0.3 is 9.64 Å². The first kappa shape index (κ1) is 18.1. The van der Waals surface area contributed by atoms with Gasteiger partial charge in [-0.05, 0) is 32.3 Å². The fourth-order valence-electron chi connectivity index (χ4n) is 2.92. The third-order valence-electron chi connectivity index (χ3n) is 4.08. The number of pyridine rings is 1. The third kappa shape index (κ3) is 4.12. The maximum atomic E-state index is 13.9. The van der Waals surface area contributed by atoms with E-state index in [-0.39, 0.29) is 17.0 Å². The first-order chi connectivity index (χ1) is 12.0. The number of rotatable bonds is 4. The summed E-state index contributed by atoms with van der Waals surface area (Å²) in [6, 6.07) is 1.20. The second-order valence-electron chi connectivity index (χ2n) is 5.98. The maximum Gasteiger partial charge on any atom is 0.250 e. The lowest BCUT2D eigenvalue weighted by Gasteiger charge is -2.34. The average Bonchev–Trinajstić information content (AvgIpc) is 2.59. The monoisotopic (exact) mass is 384 g/mol. The highest BCUT2D eigenvalue weighted by atomic mass is 35.5. The van der Waals surface area contributed by atoms with E-state index < -0.39 is 5.82 Å². The Kier molecular flexibility index (Phi) is 5.59. The number of halogens is 3. The predicted molar refractivity (Wildman–Crippen MR) is 96.2 cm³/mol. The SMILES string of the molecule is CCc1nc(C)nc(N2CCCC(Oc3ncc(Cl)cc3F)C2)c1Cl. The van der Waals surface area contributed by atoms with Crippen LogP contribution in [0.3, 0.4) is 0 Å². The second-order valence-corrected chi connectivity index (χ2v) is 6.79. The Morgan fingerprint density at radius 2 is 2.16 bits per heavy atom. The minimum Gasteiger partial charge on any atom is -0.470 e. The summed E-state index contributed by atoms with van der Waals surface area (Å²) >= 11 is 12.2. The highest BCUT2D eigenvalue weighted by Crippen LogP contribution is 2.30. The van der Waals surface area contributed by atoms with Crippen LogP contribution in [0.4, 0.5) is 10.2 Å². The summed E-state index contributed by atoms with van der Waals surface area (Å²) in [6.07, 6.45) is 3.61. The van der Waals surface area contributed by atoms with Crippen LogP contribution in [-0.2, 0) is 6.42 Å². The van der Waals surface area contributed by atoms with Gasteiger partial charge in [0.1, 0.15) is 17.0 Å². The quantitative estimate of drug-likeness (QED) is 0.788. The highest BCUT2D eigenvalue weighted by molar-refractivity contribution is 6.33. The van der Waals surface area contributed by atoms with Crippen molar-refractivity contribution < 1.29 is 9.13 Å². The Bertz CT molecular complexity index is 775. The van der Waals surface area contributed by atoms with Crippen molar-refractivity contribution in [2.24, 2.45) is 0 Å². The van der Waals surface area contributed by atoms with Gasteiger partial charge in [0, 0.05) is 12.7 Å². The van der Waals surface area contributed by atoms with Crippen molar-refractivity contribution in [3.8, 4) is 5.88 Å². The zero-order chi connectivity index (χ0) is 18.0. The Hall–Kier alpha value is -1.66. The van der Waals surface area contributed by atoms with Crippen molar-refractivity contribution in [1.29, 1.82) is 0 Å². The molecule has 8 heteroatoms. The first-order valence-electron chi connectivity index (χ1n) is 8.23. The molecule has 1 fully saturated rings. The van der Waals surface area contributed by atoms with Crippen molar-refractivity contribution in [3.63, 3.8) is 0 Å². The van der Waals surface area contributed by atoms with Crippen LogP contribution in [0.5, 0.6) is 5.88 Å². The van der Waals surface area contributed by atoms with E-state index in [1.807, 2.05) is 13.8 Å². The minimum absolute atomic E-state index is 0.0320. The lowest BCUT2D eigenvalue weighted by Crippen LogP contribution is -2.42. The molecule has 0 saturated carbocycles. The topological polar surface area (TPSA) is 51.1 Å². The molecule has 0 spiro atoms. The number of anilines is 1. The lowest BCUT2D eigenvalue weighted by molar-refractivity contribution is 0.164. The molecule has 1 unspecified atom stereocenters. The molecular weight excluding hydrogens is 366 g/mol. The maximum absolute atomic E-state index is 13.9. The van der Waals surface area contributed by atoms with Gasteiger partial charge >= 0.3 is 0 Å². The number of ether oxygens (including phenoxy) is 1. The van der Waals surface area contributed by atoms with E-state index >= 15 is 0 Å². The summed E-state index contributed by atoms with van der Waals surface area (Å²) in [5.41, 5.74) is 0.831. The molecule has 0 aliphatic carbocycles. The third-order valence-corrected chi connectivity index (χ3v) is 4.67.